The number of ether oxygens (including phenoxy) is 2. The van der Waals surface area contributed by atoms with E-state index >= 15 is 0 Å². The minimum Gasteiger partial charge on any atom is -0.486 e. The van der Waals surface area contributed by atoms with Crippen molar-refractivity contribution in [3.8, 4) is 11.5 Å². The molecule has 6 nitrogen and oxygen atoms in total. The zero-order valence-corrected chi connectivity index (χ0v) is 15.6. The van der Waals surface area contributed by atoms with Gasteiger partial charge in [-0.15, -0.1) is 0 Å². The number of anilines is 1. The Balaban J connectivity index is 1.77. The van der Waals surface area contributed by atoms with Crippen molar-refractivity contribution < 1.29 is 23.5 Å². The maximum Gasteiger partial charge on any atom is 0.291 e. The quantitative estimate of drug-likeness (QED) is 0.628. The molecule has 7 heteroatoms. The number of halogens is 1. The third-order valence-electron chi connectivity index (χ3n) is 4.04. The average Bonchev–Trinajstić information content (AvgIpc) is 3.22. The van der Waals surface area contributed by atoms with E-state index in [0.717, 1.165) is 0 Å². The Hall–Kier alpha value is -3.06. The van der Waals surface area contributed by atoms with Gasteiger partial charge in [0.2, 0.25) is 0 Å². The van der Waals surface area contributed by atoms with Crippen LogP contribution in [-0.4, -0.2) is 24.9 Å². The van der Waals surface area contributed by atoms with E-state index in [2.05, 4.69) is 21.2 Å². The van der Waals surface area contributed by atoms with E-state index < -0.39 is 5.91 Å². The first-order chi connectivity index (χ1) is 13.1. The maximum atomic E-state index is 13.1. The van der Waals surface area contributed by atoms with Crippen molar-refractivity contribution in [1.82, 2.24) is 0 Å². The molecule has 0 atom stereocenters. The van der Waals surface area contributed by atoms with E-state index in [-0.39, 0.29) is 11.5 Å². The molecule has 1 N–H and O–H groups in total. The number of carbonyl (C=O) groups excluding carboxylic acids is 2. The summed E-state index contributed by atoms with van der Waals surface area (Å²) in [4.78, 5) is 25.6. The minimum atomic E-state index is -0.460. The number of carbonyl (C=O) groups is 2. The van der Waals surface area contributed by atoms with Crippen LogP contribution in [0.25, 0.3) is 0 Å². The largest absolute Gasteiger partial charge is 0.486 e. The van der Waals surface area contributed by atoms with Crippen LogP contribution in [0.15, 0.2) is 63.7 Å². The molecule has 1 aliphatic heterocycles. The Labute approximate surface area is 163 Å². The number of ketones is 1. The molecule has 1 aliphatic rings. The first kappa shape index (κ1) is 17.4. The van der Waals surface area contributed by atoms with Crippen LogP contribution < -0.4 is 14.8 Å². The Bertz CT molecular complexity index is 1010. The van der Waals surface area contributed by atoms with Gasteiger partial charge < -0.3 is 19.2 Å². The molecular formula is C20H14BrNO5. The lowest BCUT2D eigenvalue weighted by molar-refractivity contribution is 0.0996. The van der Waals surface area contributed by atoms with Crippen molar-refractivity contribution in [3.05, 3.63) is 76.2 Å². The molecule has 1 aromatic heterocycles. The van der Waals surface area contributed by atoms with Crippen molar-refractivity contribution in [1.29, 1.82) is 0 Å². The highest BCUT2D eigenvalue weighted by atomic mass is 79.9. The number of nitrogens with one attached hydrogen (secondary N) is 1. The van der Waals surface area contributed by atoms with Crippen molar-refractivity contribution in [2.75, 3.05) is 18.5 Å². The topological polar surface area (TPSA) is 77.8 Å². The van der Waals surface area contributed by atoms with Gasteiger partial charge >= 0.3 is 0 Å². The SMILES string of the molecule is O=C(Nc1cc2c(cc1C(=O)c1ccccc1Br)OCCO2)c1ccco1. The Morgan fingerprint density at radius 2 is 1.67 bits per heavy atom. The van der Waals surface area contributed by atoms with E-state index in [1.165, 1.54) is 6.26 Å². The molecule has 0 saturated carbocycles. The molecular weight excluding hydrogens is 414 g/mol. The summed E-state index contributed by atoms with van der Waals surface area (Å²) in [6.45, 7) is 0.795. The second-order valence-electron chi connectivity index (χ2n) is 5.78. The lowest BCUT2D eigenvalue weighted by Gasteiger charge is -2.21. The molecule has 0 aliphatic carbocycles. The van der Waals surface area contributed by atoms with Gasteiger partial charge in [-0.3, -0.25) is 9.59 Å². The highest BCUT2D eigenvalue weighted by molar-refractivity contribution is 9.10. The zero-order chi connectivity index (χ0) is 18.8. The van der Waals surface area contributed by atoms with Crippen molar-refractivity contribution in [3.63, 3.8) is 0 Å². The van der Waals surface area contributed by atoms with Gasteiger partial charge in [-0.2, -0.15) is 0 Å². The molecule has 0 bridgehead atoms. The van der Waals surface area contributed by atoms with Gasteiger partial charge in [0, 0.05) is 16.1 Å². The van der Waals surface area contributed by atoms with Crippen molar-refractivity contribution in [2.45, 2.75) is 0 Å². The number of fused-ring (bicyclic) bond motifs is 1. The number of benzene rings is 2. The Kier molecular flexibility index (Phi) is 4.68. The molecule has 3 aromatic rings. The second-order valence-corrected chi connectivity index (χ2v) is 6.64. The molecule has 2 heterocycles. The van der Waals surface area contributed by atoms with E-state index in [0.29, 0.717) is 46.0 Å². The predicted molar refractivity (Wildman–Crippen MR) is 102 cm³/mol. The zero-order valence-electron chi connectivity index (χ0n) is 14.0. The number of amides is 1. The first-order valence-corrected chi connectivity index (χ1v) is 9.00. The summed E-state index contributed by atoms with van der Waals surface area (Å²) in [5.74, 6) is 0.364. The van der Waals surface area contributed by atoms with E-state index in [9.17, 15) is 9.59 Å². The van der Waals surface area contributed by atoms with Gasteiger partial charge in [-0.25, -0.2) is 0 Å². The van der Waals surface area contributed by atoms with Gasteiger partial charge in [0.25, 0.3) is 5.91 Å². The molecule has 27 heavy (non-hydrogen) atoms. The average molecular weight is 428 g/mol. The van der Waals surface area contributed by atoms with Crippen molar-refractivity contribution in [2.24, 2.45) is 0 Å². The number of furan rings is 1. The normalized spacial score (nSPS) is 12.5. The standard InChI is InChI=1S/C20H14BrNO5/c21-14-5-2-1-4-12(14)19(23)13-10-17-18(27-9-8-26-17)11-15(13)22-20(24)16-6-3-7-25-16/h1-7,10-11H,8-9H2,(H,22,24). The third-order valence-corrected chi connectivity index (χ3v) is 4.73. The van der Waals surface area contributed by atoms with Crippen LogP contribution in [0.1, 0.15) is 26.5 Å². The third kappa shape index (κ3) is 3.46. The van der Waals surface area contributed by atoms with Gasteiger partial charge in [-0.1, -0.05) is 28.1 Å². The first-order valence-electron chi connectivity index (χ1n) is 8.21. The fraction of sp³-hybridized carbons (Fsp3) is 0.100. The number of hydrogen-bond donors (Lipinski definition) is 1. The van der Waals surface area contributed by atoms with E-state index in [1.807, 2.05) is 6.07 Å². The fourth-order valence-electron chi connectivity index (χ4n) is 2.76. The van der Waals surface area contributed by atoms with Crippen molar-refractivity contribution >= 4 is 33.3 Å². The van der Waals surface area contributed by atoms with Crippen LogP contribution in [-0.2, 0) is 0 Å². The second kappa shape index (κ2) is 7.28. The van der Waals surface area contributed by atoms with Gasteiger partial charge in [-0.05, 0) is 30.3 Å². The van der Waals surface area contributed by atoms with Crippen LogP contribution in [0.2, 0.25) is 0 Å². The number of rotatable bonds is 4. The summed E-state index contributed by atoms with van der Waals surface area (Å²) < 4.78 is 17.0. The van der Waals surface area contributed by atoms with Crippen LogP contribution in [0.5, 0.6) is 11.5 Å². The Morgan fingerprint density at radius 3 is 2.37 bits per heavy atom. The predicted octanol–water partition coefficient (Wildman–Crippen LogP) is 4.30. The lowest BCUT2D eigenvalue weighted by atomic mass is 10.0. The minimum absolute atomic E-state index is 0.143. The summed E-state index contributed by atoms with van der Waals surface area (Å²) in [5.41, 5.74) is 1.09. The summed E-state index contributed by atoms with van der Waals surface area (Å²) in [7, 11) is 0. The molecule has 0 saturated heterocycles. The summed E-state index contributed by atoms with van der Waals surface area (Å²) in [6, 6.07) is 13.4. The number of hydrogen-bond acceptors (Lipinski definition) is 5. The molecule has 0 fully saturated rings. The molecule has 0 spiro atoms. The highest BCUT2D eigenvalue weighted by Crippen LogP contribution is 2.37. The van der Waals surface area contributed by atoms with Gasteiger partial charge in [0.1, 0.15) is 13.2 Å². The van der Waals surface area contributed by atoms with Crippen LogP contribution >= 0.6 is 15.9 Å². The molecule has 2 aromatic carbocycles. The summed E-state index contributed by atoms with van der Waals surface area (Å²) in [6.07, 6.45) is 1.41. The summed E-state index contributed by atoms with van der Waals surface area (Å²) >= 11 is 3.40. The Morgan fingerprint density at radius 1 is 0.926 bits per heavy atom. The van der Waals surface area contributed by atoms with E-state index in [1.54, 1.807) is 42.5 Å². The lowest BCUT2D eigenvalue weighted by Crippen LogP contribution is -2.19. The smallest absolute Gasteiger partial charge is 0.291 e. The molecule has 0 radical (unpaired) electrons. The van der Waals surface area contributed by atoms with Crippen LogP contribution in [0.3, 0.4) is 0 Å². The molecule has 0 unspecified atom stereocenters. The highest BCUT2D eigenvalue weighted by Gasteiger charge is 2.23. The van der Waals surface area contributed by atoms with E-state index in [4.69, 9.17) is 13.9 Å². The van der Waals surface area contributed by atoms with Crippen LogP contribution in [0, 0.1) is 0 Å². The monoisotopic (exact) mass is 427 g/mol. The fourth-order valence-corrected chi connectivity index (χ4v) is 3.23. The van der Waals surface area contributed by atoms with Crippen LogP contribution in [0.4, 0.5) is 5.69 Å². The van der Waals surface area contributed by atoms with Gasteiger partial charge in [0.15, 0.2) is 23.0 Å². The molecule has 1 amide bonds. The maximum absolute atomic E-state index is 13.1. The summed E-state index contributed by atoms with van der Waals surface area (Å²) in [5, 5.41) is 2.73. The molecule has 4 rings (SSSR count). The molecule has 136 valence electrons. The van der Waals surface area contributed by atoms with Gasteiger partial charge in [0.05, 0.1) is 17.5 Å².